The summed E-state index contributed by atoms with van der Waals surface area (Å²) in [5.41, 5.74) is 6.64. The first-order valence-corrected chi connectivity index (χ1v) is 5.15. The van der Waals surface area contributed by atoms with Gasteiger partial charge < -0.3 is 5.73 Å². The summed E-state index contributed by atoms with van der Waals surface area (Å²) in [6, 6.07) is 5.72. The van der Waals surface area contributed by atoms with Crippen LogP contribution in [-0.2, 0) is 0 Å². The zero-order chi connectivity index (χ0) is 9.84. The third-order valence-corrected chi connectivity index (χ3v) is 2.49. The highest BCUT2D eigenvalue weighted by molar-refractivity contribution is 9.10. The summed E-state index contributed by atoms with van der Waals surface area (Å²) in [7, 11) is 0. The molecule has 0 heterocycles. The molecule has 2 N–H and O–H groups in total. The van der Waals surface area contributed by atoms with Gasteiger partial charge in [0.25, 0.3) is 0 Å². The molecule has 0 saturated carbocycles. The van der Waals surface area contributed by atoms with Crippen molar-refractivity contribution < 1.29 is 0 Å². The lowest BCUT2D eigenvalue weighted by molar-refractivity contribution is 0.931. The molecule has 0 saturated heterocycles. The molecule has 1 unspecified atom stereocenters. The molecule has 0 radical (unpaired) electrons. The lowest BCUT2D eigenvalue weighted by Crippen LogP contribution is -2.09. The first-order chi connectivity index (χ1) is 6.09. The van der Waals surface area contributed by atoms with Gasteiger partial charge in [0.2, 0.25) is 0 Å². The van der Waals surface area contributed by atoms with Crippen LogP contribution in [0.3, 0.4) is 0 Å². The van der Waals surface area contributed by atoms with E-state index in [0.717, 1.165) is 15.1 Å². The van der Waals surface area contributed by atoms with Crippen LogP contribution >= 0.6 is 27.5 Å². The van der Waals surface area contributed by atoms with Crippen LogP contribution in [0.2, 0.25) is 5.02 Å². The van der Waals surface area contributed by atoms with E-state index in [0.29, 0.717) is 0 Å². The van der Waals surface area contributed by atoms with E-state index in [2.05, 4.69) is 15.9 Å². The third-order valence-electron chi connectivity index (χ3n) is 1.54. The quantitative estimate of drug-likeness (QED) is 0.866. The van der Waals surface area contributed by atoms with Crippen LogP contribution in [0, 0.1) is 0 Å². The molecule has 1 aromatic carbocycles. The molecule has 0 bridgehead atoms. The summed E-state index contributed by atoms with van der Waals surface area (Å²) in [6.45, 7) is 1.93. The highest BCUT2D eigenvalue weighted by Gasteiger charge is 1.96. The van der Waals surface area contributed by atoms with Gasteiger partial charge >= 0.3 is 0 Å². The predicted octanol–water partition coefficient (Wildman–Crippen LogP) is 3.46. The Kier molecular flexibility index (Phi) is 3.97. The van der Waals surface area contributed by atoms with Crippen molar-refractivity contribution in [2.75, 3.05) is 0 Å². The van der Waals surface area contributed by atoms with Crippen LogP contribution in [0.1, 0.15) is 12.5 Å². The van der Waals surface area contributed by atoms with Crippen molar-refractivity contribution in [1.29, 1.82) is 0 Å². The third kappa shape index (κ3) is 3.51. The summed E-state index contributed by atoms with van der Waals surface area (Å²) in [4.78, 5) is 0. The van der Waals surface area contributed by atoms with E-state index in [1.807, 2.05) is 37.3 Å². The SMILES string of the molecule is CC(N)/C=C/c1cc(Cl)ccc1Br. The fourth-order valence-corrected chi connectivity index (χ4v) is 1.46. The molecule has 1 rings (SSSR count). The Morgan fingerprint density at radius 2 is 2.23 bits per heavy atom. The summed E-state index contributed by atoms with van der Waals surface area (Å²) in [5, 5.41) is 0.729. The Morgan fingerprint density at radius 1 is 1.54 bits per heavy atom. The van der Waals surface area contributed by atoms with Crippen LogP contribution < -0.4 is 5.73 Å². The Labute approximate surface area is 91.7 Å². The molecule has 0 fully saturated rings. The van der Waals surface area contributed by atoms with Crippen molar-refractivity contribution >= 4 is 33.6 Å². The van der Waals surface area contributed by atoms with Crippen molar-refractivity contribution in [2.45, 2.75) is 13.0 Å². The van der Waals surface area contributed by atoms with Crippen LogP contribution in [0.5, 0.6) is 0 Å². The van der Waals surface area contributed by atoms with E-state index in [9.17, 15) is 0 Å². The summed E-state index contributed by atoms with van der Waals surface area (Å²) < 4.78 is 1.02. The average Bonchev–Trinajstić information content (AvgIpc) is 2.06. The van der Waals surface area contributed by atoms with E-state index in [1.165, 1.54) is 0 Å². The predicted molar refractivity (Wildman–Crippen MR) is 61.8 cm³/mol. The van der Waals surface area contributed by atoms with Gasteiger partial charge in [-0.2, -0.15) is 0 Å². The molecule has 1 atom stereocenters. The van der Waals surface area contributed by atoms with Crippen molar-refractivity contribution in [3.8, 4) is 0 Å². The van der Waals surface area contributed by atoms with Crippen LogP contribution in [0.25, 0.3) is 6.08 Å². The number of hydrogen-bond donors (Lipinski definition) is 1. The normalized spacial score (nSPS) is 13.5. The van der Waals surface area contributed by atoms with E-state index in [1.54, 1.807) is 0 Å². The van der Waals surface area contributed by atoms with Gasteiger partial charge in [0.15, 0.2) is 0 Å². The number of nitrogens with two attached hydrogens (primary N) is 1. The lowest BCUT2D eigenvalue weighted by atomic mass is 10.2. The number of rotatable bonds is 2. The molecule has 0 aliphatic carbocycles. The fourth-order valence-electron chi connectivity index (χ4n) is 0.898. The smallest absolute Gasteiger partial charge is 0.0412 e. The molecule has 70 valence electrons. The van der Waals surface area contributed by atoms with Crippen molar-refractivity contribution in [2.24, 2.45) is 5.73 Å². The molecule has 1 nitrogen and oxygen atoms in total. The van der Waals surface area contributed by atoms with Gasteiger partial charge in [0.05, 0.1) is 0 Å². The minimum Gasteiger partial charge on any atom is -0.325 e. The van der Waals surface area contributed by atoms with Crippen molar-refractivity contribution in [3.63, 3.8) is 0 Å². The van der Waals surface area contributed by atoms with Gasteiger partial charge in [-0.25, -0.2) is 0 Å². The van der Waals surface area contributed by atoms with Gasteiger partial charge in [-0.05, 0) is 30.7 Å². The van der Waals surface area contributed by atoms with Crippen molar-refractivity contribution in [1.82, 2.24) is 0 Å². The second-order valence-corrected chi connectivity index (χ2v) is 4.17. The van der Waals surface area contributed by atoms with Gasteiger partial charge in [-0.3, -0.25) is 0 Å². The van der Waals surface area contributed by atoms with Gasteiger partial charge in [0.1, 0.15) is 0 Å². The van der Waals surface area contributed by atoms with Crippen LogP contribution in [-0.4, -0.2) is 6.04 Å². The minimum atomic E-state index is 0.0610. The molecule has 0 spiro atoms. The molecule has 0 aliphatic heterocycles. The number of benzene rings is 1. The standard InChI is InChI=1S/C10H11BrClN/c1-7(13)2-3-8-6-9(12)4-5-10(8)11/h2-7H,13H2,1H3/b3-2+. The van der Waals surface area contributed by atoms with E-state index in [-0.39, 0.29) is 6.04 Å². The zero-order valence-electron chi connectivity index (χ0n) is 7.30. The Morgan fingerprint density at radius 3 is 2.85 bits per heavy atom. The fraction of sp³-hybridized carbons (Fsp3) is 0.200. The van der Waals surface area contributed by atoms with Gasteiger partial charge in [-0.15, -0.1) is 0 Å². The minimum absolute atomic E-state index is 0.0610. The molecule has 1 aromatic rings. The van der Waals surface area contributed by atoms with E-state index in [4.69, 9.17) is 17.3 Å². The maximum absolute atomic E-state index is 5.85. The largest absolute Gasteiger partial charge is 0.325 e. The topological polar surface area (TPSA) is 26.0 Å². The number of halogens is 2. The average molecular weight is 261 g/mol. The second-order valence-electron chi connectivity index (χ2n) is 2.88. The Bertz CT molecular complexity index is 321. The number of hydrogen-bond acceptors (Lipinski definition) is 1. The van der Waals surface area contributed by atoms with Crippen molar-refractivity contribution in [3.05, 3.63) is 39.3 Å². The molecular formula is C10H11BrClN. The second kappa shape index (κ2) is 4.80. The highest BCUT2D eigenvalue weighted by atomic mass is 79.9. The Balaban J connectivity index is 2.93. The summed E-state index contributed by atoms with van der Waals surface area (Å²) >= 11 is 9.28. The summed E-state index contributed by atoms with van der Waals surface area (Å²) in [5.74, 6) is 0. The monoisotopic (exact) mass is 259 g/mol. The van der Waals surface area contributed by atoms with E-state index < -0.39 is 0 Å². The van der Waals surface area contributed by atoms with Gasteiger partial charge in [0, 0.05) is 15.5 Å². The van der Waals surface area contributed by atoms with Gasteiger partial charge in [-0.1, -0.05) is 39.7 Å². The van der Waals surface area contributed by atoms with Crippen LogP contribution in [0.4, 0.5) is 0 Å². The Hall–Kier alpha value is -0.310. The first-order valence-electron chi connectivity index (χ1n) is 3.98. The maximum atomic E-state index is 5.85. The molecule has 13 heavy (non-hydrogen) atoms. The molecule has 0 aliphatic rings. The molecular weight excluding hydrogens is 249 g/mol. The maximum Gasteiger partial charge on any atom is 0.0412 e. The first kappa shape index (κ1) is 10.8. The molecule has 0 amide bonds. The molecule has 0 aromatic heterocycles. The highest BCUT2D eigenvalue weighted by Crippen LogP contribution is 2.22. The molecule has 3 heteroatoms. The van der Waals surface area contributed by atoms with E-state index >= 15 is 0 Å². The summed E-state index contributed by atoms with van der Waals surface area (Å²) in [6.07, 6.45) is 3.89. The lowest BCUT2D eigenvalue weighted by Gasteiger charge is -2.00. The van der Waals surface area contributed by atoms with Crippen LogP contribution in [0.15, 0.2) is 28.7 Å². The zero-order valence-corrected chi connectivity index (χ0v) is 9.64.